The fraction of sp³-hybridized carbons (Fsp3) is 0.444. The van der Waals surface area contributed by atoms with E-state index in [-0.39, 0.29) is 5.91 Å². The fourth-order valence-electron chi connectivity index (χ4n) is 3.15. The molecule has 0 saturated carbocycles. The van der Waals surface area contributed by atoms with Crippen molar-refractivity contribution in [2.24, 2.45) is 0 Å². The van der Waals surface area contributed by atoms with Crippen molar-refractivity contribution in [2.45, 2.75) is 25.7 Å². The molecule has 2 aromatic rings. The lowest BCUT2D eigenvalue weighted by Crippen LogP contribution is -2.39. The normalized spacial score (nSPS) is 17.6. The maximum Gasteiger partial charge on any atom is 0.257 e. The molecule has 1 atom stereocenters. The molecule has 0 N–H and O–H groups in total. The summed E-state index contributed by atoms with van der Waals surface area (Å²) >= 11 is 1.69. The molecule has 1 aliphatic heterocycles. The van der Waals surface area contributed by atoms with Crippen molar-refractivity contribution in [3.05, 3.63) is 39.8 Å². The molecule has 2 heterocycles. The standard InChI is InChI=1S/C18H22N2O3S/c1-12-11-24-17(19-12)13-6-5-9-20(10-13)18(21)14-7-4-8-15(22-2)16(14)23-3/h4,7-8,11,13H,5-6,9-10H2,1-3H3/t13-/m1/s1. The number of benzene rings is 1. The van der Waals surface area contributed by atoms with E-state index < -0.39 is 0 Å². The average Bonchev–Trinajstić information content (AvgIpc) is 3.06. The summed E-state index contributed by atoms with van der Waals surface area (Å²) in [6, 6.07) is 5.41. The van der Waals surface area contributed by atoms with Crippen LogP contribution in [-0.4, -0.2) is 43.1 Å². The Morgan fingerprint density at radius 1 is 1.33 bits per heavy atom. The van der Waals surface area contributed by atoms with Crippen molar-refractivity contribution in [3.8, 4) is 11.5 Å². The van der Waals surface area contributed by atoms with Crippen LogP contribution >= 0.6 is 11.3 Å². The molecule has 1 aromatic carbocycles. The van der Waals surface area contributed by atoms with Crippen molar-refractivity contribution in [1.82, 2.24) is 9.88 Å². The molecule has 1 aliphatic rings. The first-order valence-electron chi connectivity index (χ1n) is 8.06. The number of carbonyl (C=O) groups is 1. The number of rotatable bonds is 4. The molecule has 24 heavy (non-hydrogen) atoms. The predicted molar refractivity (Wildman–Crippen MR) is 94.3 cm³/mol. The largest absolute Gasteiger partial charge is 0.493 e. The molecule has 5 nitrogen and oxygen atoms in total. The number of para-hydroxylation sites is 1. The number of amides is 1. The van der Waals surface area contributed by atoms with Gasteiger partial charge in [-0.2, -0.15) is 0 Å². The van der Waals surface area contributed by atoms with E-state index in [0.29, 0.717) is 29.5 Å². The van der Waals surface area contributed by atoms with Crippen LogP contribution in [0.2, 0.25) is 0 Å². The SMILES string of the molecule is COc1cccc(C(=O)N2CCC[C@@H](c3nc(C)cs3)C2)c1OC. The van der Waals surface area contributed by atoms with Gasteiger partial charge in [-0.15, -0.1) is 11.3 Å². The third-order valence-electron chi connectivity index (χ3n) is 4.33. The first-order valence-corrected chi connectivity index (χ1v) is 8.94. The molecule has 1 saturated heterocycles. The van der Waals surface area contributed by atoms with Crippen LogP contribution in [0, 0.1) is 6.92 Å². The minimum absolute atomic E-state index is 0.0104. The summed E-state index contributed by atoms with van der Waals surface area (Å²) in [6.45, 7) is 3.47. The smallest absolute Gasteiger partial charge is 0.257 e. The lowest BCUT2D eigenvalue weighted by atomic mass is 9.98. The Morgan fingerprint density at radius 3 is 2.83 bits per heavy atom. The Bertz CT molecular complexity index is 729. The molecule has 3 rings (SSSR count). The molecule has 1 aromatic heterocycles. The van der Waals surface area contributed by atoms with E-state index in [4.69, 9.17) is 9.47 Å². The number of thiazole rings is 1. The summed E-state index contributed by atoms with van der Waals surface area (Å²) in [5, 5.41) is 3.20. The number of piperidine rings is 1. The molecule has 0 radical (unpaired) electrons. The summed E-state index contributed by atoms with van der Waals surface area (Å²) in [7, 11) is 3.14. The molecule has 0 aliphatic carbocycles. The number of nitrogens with zero attached hydrogens (tertiary/aromatic N) is 2. The predicted octanol–water partition coefficient (Wildman–Crippen LogP) is 3.49. The van der Waals surface area contributed by atoms with Gasteiger partial charge in [-0.25, -0.2) is 4.98 Å². The summed E-state index contributed by atoms with van der Waals surface area (Å²) in [5.41, 5.74) is 1.60. The second-order valence-corrected chi connectivity index (χ2v) is 6.85. The van der Waals surface area contributed by atoms with E-state index in [0.717, 1.165) is 30.1 Å². The first-order chi connectivity index (χ1) is 11.6. The zero-order valence-electron chi connectivity index (χ0n) is 14.2. The monoisotopic (exact) mass is 346 g/mol. The van der Waals surface area contributed by atoms with Crippen molar-refractivity contribution >= 4 is 17.2 Å². The van der Waals surface area contributed by atoms with Crippen LogP contribution in [0.4, 0.5) is 0 Å². The lowest BCUT2D eigenvalue weighted by Gasteiger charge is -2.32. The van der Waals surface area contributed by atoms with E-state index in [1.54, 1.807) is 37.7 Å². The fourth-order valence-corrected chi connectivity index (χ4v) is 4.07. The number of hydrogen-bond acceptors (Lipinski definition) is 5. The number of methoxy groups -OCH3 is 2. The summed E-state index contributed by atoms with van der Waals surface area (Å²) in [4.78, 5) is 19.5. The third kappa shape index (κ3) is 3.24. The molecule has 0 spiro atoms. The van der Waals surface area contributed by atoms with Gasteiger partial charge in [0.25, 0.3) is 5.91 Å². The van der Waals surface area contributed by atoms with Crippen LogP contribution in [0.15, 0.2) is 23.6 Å². The zero-order chi connectivity index (χ0) is 17.1. The highest BCUT2D eigenvalue weighted by molar-refractivity contribution is 7.09. The molecular weight excluding hydrogens is 324 g/mol. The van der Waals surface area contributed by atoms with Gasteiger partial charge in [0.15, 0.2) is 11.5 Å². The van der Waals surface area contributed by atoms with Crippen LogP contribution in [0.25, 0.3) is 0 Å². The molecule has 128 valence electrons. The van der Waals surface area contributed by atoms with Gasteiger partial charge in [-0.05, 0) is 31.9 Å². The number of aromatic nitrogens is 1. The number of likely N-dealkylation sites (tertiary alicyclic amines) is 1. The highest BCUT2D eigenvalue weighted by atomic mass is 32.1. The van der Waals surface area contributed by atoms with E-state index in [9.17, 15) is 4.79 Å². The van der Waals surface area contributed by atoms with Gasteiger partial charge < -0.3 is 14.4 Å². The molecular formula is C18H22N2O3S. The molecule has 6 heteroatoms. The van der Waals surface area contributed by atoms with E-state index >= 15 is 0 Å². The second kappa shape index (κ2) is 7.21. The topological polar surface area (TPSA) is 51.7 Å². The van der Waals surface area contributed by atoms with Crippen LogP contribution in [0.3, 0.4) is 0 Å². The van der Waals surface area contributed by atoms with Gasteiger partial charge in [0.1, 0.15) is 0 Å². The van der Waals surface area contributed by atoms with Gasteiger partial charge in [-0.1, -0.05) is 6.07 Å². The van der Waals surface area contributed by atoms with Crippen molar-refractivity contribution in [3.63, 3.8) is 0 Å². The third-order valence-corrected chi connectivity index (χ3v) is 5.45. The van der Waals surface area contributed by atoms with Gasteiger partial charge >= 0.3 is 0 Å². The molecule has 1 fully saturated rings. The zero-order valence-corrected chi connectivity index (χ0v) is 15.1. The molecule has 0 unspecified atom stereocenters. The number of aryl methyl sites for hydroxylation is 1. The summed E-state index contributed by atoms with van der Waals surface area (Å²) < 4.78 is 10.7. The van der Waals surface area contributed by atoms with Gasteiger partial charge in [0.05, 0.1) is 24.8 Å². The first kappa shape index (κ1) is 16.8. The summed E-state index contributed by atoms with van der Waals surface area (Å²) in [5.74, 6) is 1.38. The second-order valence-electron chi connectivity index (χ2n) is 5.96. The lowest BCUT2D eigenvalue weighted by molar-refractivity contribution is 0.0703. The maximum absolute atomic E-state index is 13.0. The summed E-state index contributed by atoms with van der Waals surface area (Å²) in [6.07, 6.45) is 2.06. The molecule has 0 bridgehead atoms. The Hall–Kier alpha value is -2.08. The maximum atomic E-state index is 13.0. The van der Waals surface area contributed by atoms with Crippen molar-refractivity contribution < 1.29 is 14.3 Å². The Balaban J connectivity index is 1.82. The van der Waals surface area contributed by atoms with Crippen LogP contribution < -0.4 is 9.47 Å². The highest BCUT2D eigenvalue weighted by Gasteiger charge is 2.29. The average molecular weight is 346 g/mol. The highest BCUT2D eigenvalue weighted by Crippen LogP contribution is 2.34. The van der Waals surface area contributed by atoms with Gasteiger partial charge in [0.2, 0.25) is 0 Å². The van der Waals surface area contributed by atoms with E-state index in [2.05, 4.69) is 10.4 Å². The number of carbonyl (C=O) groups excluding carboxylic acids is 1. The van der Waals surface area contributed by atoms with Crippen LogP contribution in [0.5, 0.6) is 11.5 Å². The van der Waals surface area contributed by atoms with Crippen molar-refractivity contribution in [2.75, 3.05) is 27.3 Å². The Labute approximate surface area is 146 Å². The van der Waals surface area contributed by atoms with E-state index in [1.807, 2.05) is 17.9 Å². The van der Waals surface area contributed by atoms with Gasteiger partial charge in [0, 0.05) is 30.1 Å². The van der Waals surface area contributed by atoms with Crippen LogP contribution in [-0.2, 0) is 0 Å². The van der Waals surface area contributed by atoms with Gasteiger partial charge in [-0.3, -0.25) is 4.79 Å². The Kier molecular flexibility index (Phi) is 5.04. The minimum Gasteiger partial charge on any atom is -0.493 e. The Morgan fingerprint density at radius 2 is 2.17 bits per heavy atom. The molecule has 1 amide bonds. The minimum atomic E-state index is -0.0104. The quantitative estimate of drug-likeness (QED) is 0.850. The van der Waals surface area contributed by atoms with Crippen molar-refractivity contribution in [1.29, 1.82) is 0 Å². The van der Waals surface area contributed by atoms with E-state index in [1.165, 1.54) is 0 Å². The number of hydrogen-bond donors (Lipinski definition) is 0. The number of ether oxygens (including phenoxy) is 2. The van der Waals surface area contributed by atoms with Crippen LogP contribution in [0.1, 0.15) is 39.8 Å².